The molecule has 4 atom stereocenters. The predicted octanol–water partition coefficient (Wildman–Crippen LogP) is 4.71. The summed E-state index contributed by atoms with van der Waals surface area (Å²) in [5, 5.41) is 10.3. The van der Waals surface area contributed by atoms with Gasteiger partial charge in [-0.1, -0.05) is 37.1 Å². The number of ether oxygens (including phenoxy) is 2. The Morgan fingerprint density at radius 2 is 2.00 bits per heavy atom. The van der Waals surface area contributed by atoms with E-state index in [2.05, 4.69) is 33.8 Å². The van der Waals surface area contributed by atoms with Crippen LogP contribution in [-0.4, -0.2) is 34.5 Å². The third kappa shape index (κ3) is 4.98. The molecule has 4 nitrogen and oxygen atoms in total. The molecule has 0 unspecified atom stereocenters. The average molecular weight is 365 g/mol. The number of aliphatic hydroxyl groups excluding tert-OH is 1. The third-order valence-corrected chi connectivity index (χ3v) is 6.13. The molecule has 2 heterocycles. The number of esters is 1. The summed E-state index contributed by atoms with van der Waals surface area (Å²) in [6.45, 7) is 12.1. The minimum absolute atomic E-state index is 0.240. The van der Waals surface area contributed by atoms with Gasteiger partial charge in [-0.3, -0.25) is 4.79 Å². The summed E-state index contributed by atoms with van der Waals surface area (Å²) in [5.41, 5.74) is 1.61. The van der Waals surface area contributed by atoms with Crippen molar-refractivity contribution in [1.82, 2.24) is 0 Å². The van der Waals surface area contributed by atoms with Gasteiger partial charge in [0.15, 0.2) is 0 Å². The van der Waals surface area contributed by atoms with Crippen LogP contribution in [0.5, 0.6) is 0 Å². The summed E-state index contributed by atoms with van der Waals surface area (Å²) in [4.78, 5) is 11.7. The van der Waals surface area contributed by atoms with E-state index in [1.807, 2.05) is 13.0 Å². The Morgan fingerprint density at radius 1 is 1.31 bits per heavy atom. The highest BCUT2D eigenvalue weighted by atomic mass is 16.6. The standard InChI is InChI=1S/C22H36O4/c1-15(2)22-10-9-17(4)14-19(24)13-16(3)7-8-20(25-18(5)23)21(6,26-22)11-12-22/h9,13,15,19-20,24H,7-8,10-12,14H2,1-6H3/b16-13-,17-9+/t19-,20+,21-,22+/m1/s1. The van der Waals surface area contributed by atoms with Crippen LogP contribution in [0, 0.1) is 5.92 Å². The number of rotatable bonds is 2. The first-order chi connectivity index (χ1) is 12.1. The zero-order valence-electron chi connectivity index (χ0n) is 17.3. The molecule has 0 aromatic heterocycles. The maximum atomic E-state index is 11.7. The molecular formula is C22H36O4. The Bertz CT molecular complexity index is 577. The normalized spacial score (nSPS) is 40.5. The predicted molar refractivity (Wildman–Crippen MR) is 104 cm³/mol. The van der Waals surface area contributed by atoms with E-state index in [1.165, 1.54) is 12.5 Å². The molecule has 0 amide bonds. The van der Waals surface area contributed by atoms with Crippen LogP contribution in [0.15, 0.2) is 23.3 Å². The lowest BCUT2D eigenvalue weighted by Gasteiger charge is -2.39. The molecule has 1 saturated heterocycles. The topological polar surface area (TPSA) is 55.8 Å². The molecule has 4 heteroatoms. The monoisotopic (exact) mass is 364 g/mol. The molecule has 2 aliphatic heterocycles. The molecule has 26 heavy (non-hydrogen) atoms. The molecule has 2 bridgehead atoms. The van der Waals surface area contributed by atoms with E-state index in [4.69, 9.17) is 9.47 Å². The van der Waals surface area contributed by atoms with E-state index in [1.54, 1.807) is 0 Å². The van der Waals surface area contributed by atoms with Crippen molar-refractivity contribution in [3.05, 3.63) is 23.3 Å². The molecular weight excluding hydrogens is 328 g/mol. The SMILES string of the molecule is CC(=O)O[C@H]1CC/C(C)=C\[C@@H](O)C/C(C)=C/C[C@@]2(C(C)C)CC[C@@]1(C)O2. The van der Waals surface area contributed by atoms with Gasteiger partial charge >= 0.3 is 5.97 Å². The maximum absolute atomic E-state index is 11.7. The number of hydrogen-bond donors (Lipinski definition) is 1. The maximum Gasteiger partial charge on any atom is 0.303 e. The van der Waals surface area contributed by atoms with Gasteiger partial charge in [0.25, 0.3) is 0 Å². The molecule has 0 spiro atoms. The lowest BCUT2D eigenvalue weighted by atomic mass is 9.82. The smallest absolute Gasteiger partial charge is 0.303 e. The summed E-state index contributed by atoms with van der Waals surface area (Å²) in [6.07, 6.45) is 8.23. The van der Waals surface area contributed by atoms with Crippen LogP contribution in [0.1, 0.15) is 80.1 Å². The molecule has 0 aromatic carbocycles. The van der Waals surface area contributed by atoms with Crippen LogP contribution in [0.25, 0.3) is 0 Å². The fourth-order valence-electron chi connectivity index (χ4n) is 4.32. The third-order valence-electron chi connectivity index (χ3n) is 6.13. The Balaban J connectivity index is 2.39. The summed E-state index contributed by atoms with van der Waals surface area (Å²) in [6, 6.07) is 0. The van der Waals surface area contributed by atoms with Crippen molar-refractivity contribution in [2.24, 2.45) is 5.92 Å². The molecule has 0 radical (unpaired) electrons. The van der Waals surface area contributed by atoms with Crippen molar-refractivity contribution >= 4 is 5.97 Å². The number of allylic oxidation sites excluding steroid dienone is 1. The zero-order chi connectivity index (χ0) is 19.5. The van der Waals surface area contributed by atoms with Crippen molar-refractivity contribution in [2.75, 3.05) is 0 Å². The summed E-state index contributed by atoms with van der Waals surface area (Å²) >= 11 is 0. The second-order valence-electron chi connectivity index (χ2n) is 8.81. The van der Waals surface area contributed by atoms with Gasteiger partial charge in [0, 0.05) is 6.92 Å². The van der Waals surface area contributed by atoms with E-state index >= 15 is 0 Å². The lowest BCUT2D eigenvalue weighted by molar-refractivity contribution is -0.186. The van der Waals surface area contributed by atoms with Gasteiger partial charge in [0.05, 0.1) is 11.7 Å². The summed E-state index contributed by atoms with van der Waals surface area (Å²) < 4.78 is 12.4. The van der Waals surface area contributed by atoms with E-state index in [-0.39, 0.29) is 17.7 Å². The van der Waals surface area contributed by atoms with Gasteiger partial charge in [0.1, 0.15) is 11.7 Å². The van der Waals surface area contributed by atoms with E-state index in [9.17, 15) is 9.90 Å². The van der Waals surface area contributed by atoms with Crippen LogP contribution in [0.4, 0.5) is 0 Å². The van der Waals surface area contributed by atoms with Crippen molar-refractivity contribution in [3.63, 3.8) is 0 Å². The highest BCUT2D eigenvalue weighted by molar-refractivity contribution is 5.66. The van der Waals surface area contributed by atoms with Crippen LogP contribution in [-0.2, 0) is 14.3 Å². The Morgan fingerprint density at radius 3 is 2.62 bits per heavy atom. The van der Waals surface area contributed by atoms with Crippen molar-refractivity contribution < 1.29 is 19.4 Å². The van der Waals surface area contributed by atoms with Gasteiger partial charge < -0.3 is 14.6 Å². The number of fused-ring (bicyclic) bond motifs is 2. The Kier molecular flexibility index (Phi) is 6.73. The zero-order valence-corrected chi connectivity index (χ0v) is 17.3. The highest BCUT2D eigenvalue weighted by Gasteiger charge is 2.52. The van der Waals surface area contributed by atoms with E-state index in [0.717, 1.165) is 31.3 Å². The molecule has 1 N–H and O–H groups in total. The number of carbonyl (C=O) groups is 1. The van der Waals surface area contributed by atoms with Crippen molar-refractivity contribution in [3.8, 4) is 0 Å². The molecule has 2 aliphatic rings. The minimum atomic E-state index is -0.470. The Hall–Kier alpha value is -1.13. The van der Waals surface area contributed by atoms with E-state index < -0.39 is 11.7 Å². The second-order valence-corrected chi connectivity index (χ2v) is 8.81. The summed E-state index contributed by atoms with van der Waals surface area (Å²) in [7, 11) is 0. The van der Waals surface area contributed by atoms with Gasteiger partial charge in [-0.2, -0.15) is 0 Å². The lowest BCUT2D eigenvalue weighted by Crippen LogP contribution is -2.46. The highest BCUT2D eigenvalue weighted by Crippen LogP contribution is 2.48. The van der Waals surface area contributed by atoms with Gasteiger partial charge in [-0.25, -0.2) is 0 Å². The molecule has 2 rings (SSSR count). The number of carbonyl (C=O) groups excluding carboxylic acids is 1. The molecule has 0 aromatic rings. The minimum Gasteiger partial charge on any atom is -0.459 e. The fourth-order valence-corrected chi connectivity index (χ4v) is 4.32. The van der Waals surface area contributed by atoms with Gasteiger partial charge in [0.2, 0.25) is 0 Å². The fraction of sp³-hybridized carbons (Fsp3) is 0.773. The Labute approximate surface area is 158 Å². The van der Waals surface area contributed by atoms with Crippen LogP contribution >= 0.6 is 0 Å². The average Bonchev–Trinajstić information content (AvgIpc) is 2.88. The van der Waals surface area contributed by atoms with Crippen LogP contribution < -0.4 is 0 Å². The van der Waals surface area contributed by atoms with Crippen LogP contribution in [0.2, 0.25) is 0 Å². The quantitative estimate of drug-likeness (QED) is 0.569. The first-order valence-electron chi connectivity index (χ1n) is 9.95. The first-order valence-corrected chi connectivity index (χ1v) is 9.95. The second kappa shape index (κ2) is 8.26. The largest absolute Gasteiger partial charge is 0.459 e. The van der Waals surface area contributed by atoms with E-state index in [0.29, 0.717) is 18.8 Å². The number of hydrogen-bond acceptors (Lipinski definition) is 4. The van der Waals surface area contributed by atoms with Gasteiger partial charge in [-0.05, 0) is 65.2 Å². The van der Waals surface area contributed by atoms with Crippen molar-refractivity contribution in [2.45, 2.75) is 103 Å². The van der Waals surface area contributed by atoms with Crippen molar-refractivity contribution in [1.29, 1.82) is 0 Å². The number of aliphatic hydroxyl groups is 1. The summed E-state index contributed by atoms with van der Waals surface area (Å²) in [5.74, 6) is 0.102. The molecule has 0 aliphatic carbocycles. The first kappa shape index (κ1) is 21.2. The molecule has 1 fully saturated rings. The van der Waals surface area contributed by atoms with Gasteiger partial charge in [-0.15, -0.1) is 0 Å². The van der Waals surface area contributed by atoms with Crippen LogP contribution in [0.3, 0.4) is 0 Å². The molecule has 0 saturated carbocycles. The molecule has 148 valence electrons.